The van der Waals surface area contributed by atoms with Gasteiger partial charge in [0.15, 0.2) is 15.6 Å². The van der Waals surface area contributed by atoms with Crippen molar-refractivity contribution in [2.75, 3.05) is 12.3 Å². The summed E-state index contributed by atoms with van der Waals surface area (Å²) in [6.07, 6.45) is 3.33. The fourth-order valence-corrected chi connectivity index (χ4v) is 9.31. The molecule has 1 heterocycles. The Bertz CT molecular complexity index is 1540. The number of ketones is 2. The first kappa shape index (κ1) is 38.5. The number of nitrogens with zero attached hydrogens (tertiary/aromatic N) is 1. The lowest BCUT2D eigenvalue weighted by molar-refractivity contribution is -0.145. The van der Waals surface area contributed by atoms with E-state index in [0.717, 1.165) is 19.3 Å². The molecule has 272 valence electrons. The Labute approximate surface area is 292 Å². The van der Waals surface area contributed by atoms with Crippen molar-refractivity contribution >= 4 is 39.2 Å². The van der Waals surface area contributed by atoms with Crippen molar-refractivity contribution in [1.82, 2.24) is 20.9 Å². The van der Waals surface area contributed by atoms with Crippen molar-refractivity contribution in [3.05, 3.63) is 35.9 Å². The molecule has 4 rings (SSSR count). The molecular formula is C37H56N4O7S. The molecule has 2 saturated carbocycles. The number of nitrogens with one attached hydrogen (secondary N) is 3. The molecule has 0 spiro atoms. The van der Waals surface area contributed by atoms with Crippen molar-refractivity contribution in [2.24, 2.45) is 34.0 Å². The number of benzene rings is 1. The van der Waals surface area contributed by atoms with E-state index in [1.807, 2.05) is 47.6 Å². The molecule has 0 radical (unpaired) electrons. The fourth-order valence-electron chi connectivity index (χ4n) is 7.40. The normalized spacial score (nSPS) is 23.7. The number of piperidine rings is 1. The van der Waals surface area contributed by atoms with Crippen LogP contribution >= 0.6 is 0 Å². The van der Waals surface area contributed by atoms with Gasteiger partial charge in [0.05, 0.1) is 17.5 Å². The lowest BCUT2D eigenvalue weighted by Crippen LogP contribution is -2.62. The smallest absolute Gasteiger partial charge is 0.315 e. The molecule has 11 nitrogen and oxygen atoms in total. The first-order chi connectivity index (χ1) is 22.5. The van der Waals surface area contributed by atoms with E-state index in [2.05, 4.69) is 29.8 Å². The van der Waals surface area contributed by atoms with E-state index < -0.39 is 74.2 Å². The van der Waals surface area contributed by atoms with Gasteiger partial charge < -0.3 is 20.9 Å². The van der Waals surface area contributed by atoms with E-state index in [1.165, 1.54) is 11.8 Å². The number of rotatable bonds is 13. The molecule has 4 amide bonds. The molecule has 1 saturated heterocycles. The Kier molecular flexibility index (Phi) is 11.1. The minimum Gasteiger partial charge on any atom is -0.344 e. The number of hydrogen-bond acceptors (Lipinski definition) is 7. The standard InChI is InChI=1S/C37H56N4O7S/c1-22(42)30(43)26(18-23-16-13-17-23)38-32(44)29-28-25(37(28,8)9)19-41(29)33(45)31(36(5,6)7)40-34(46)39-27(35(2,3)4)21-49(47,48)20-24-14-11-10-12-15-24/h10-12,14-15,23,25-29,31H,13,16-21H2,1-9H3,(H,38,44)(H2,39,40,46)/t25?,26?,27?,28?,29-,31+/m0/s1. The molecule has 1 aromatic carbocycles. The molecule has 3 aliphatic rings. The maximum atomic E-state index is 14.4. The number of likely N-dealkylation sites (tertiary alicyclic amines) is 1. The van der Waals surface area contributed by atoms with Crippen molar-refractivity contribution in [1.29, 1.82) is 0 Å². The Morgan fingerprint density at radius 1 is 0.918 bits per heavy atom. The predicted molar refractivity (Wildman–Crippen MR) is 188 cm³/mol. The fraction of sp³-hybridized carbons (Fsp3) is 0.703. The maximum absolute atomic E-state index is 14.4. The number of amides is 4. The summed E-state index contributed by atoms with van der Waals surface area (Å²) >= 11 is 0. The van der Waals surface area contributed by atoms with Crippen LogP contribution in [0.3, 0.4) is 0 Å². The number of carbonyl (C=O) groups excluding carboxylic acids is 5. The van der Waals surface area contributed by atoms with Gasteiger partial charge in [0.25, 0.3) is 0 Å². The summed E-state index contributed by atoms with van der Waals surface area (Å²) in [5, 5.41) is 8.53. The molecule has 12 heteroatoms. The summed E-state index contributed by atoms with van der Waals surface area (Å²) in [5.74, 6) is -2.39. The third-order valence-corrected chi connectivity index (χ3v) is 12.5. The number of hydrogen-bond donors (Lipinski definition) is 3. The average Bonchev–Trinajstić information content (AvgIpc) is 3.26. The summed E-state index contributed by atoms with van der Waals surface area (Å²) in [4.78, 5) is 68.4. The predicted octanol–water partition coefficient (Wildman–Crippen LogP) is 4.05. The van der Waals surface area contributed by atoms with Crippen LogP contribution in [0.15, 0.2) is 30.3 Å². The molecule has 4 unspecified atom stereocenters. The molecule has 49 heavy (non-hydrogen) atoms. The molecule has 6 atom stereocenters. The van der Waals surface area contributed by atoms with Gasteiger partial charge in [-0.1, -0.05) is 105 Å². The first-order valence-corrected chi connectivity index (χ1v) is 19.3. The van der Waals surface area contributed by atoms with Crippen LogP contribution in [0.5, 0.6) is 0 Å². The van der Waals surface area contributed by atoms with Gasteiger partial charge in [-0.15, -0.1) is 0 Å². The summed E-state index contributed by atoms with van der Waals surface area (Å²) in [5.41, 5.74) is -0.935. The van der Waals surface area contributed by atoms with Crippen LogP contribution in [0.1, 0.15) is 93.6 Å². The van der Waals surface area contributed by atoms with Gasteiger partial charge in [0, 0.05) is 19.5 Å². The first-order valence-electron chi connectivity index (χ1n) is 17.5. The molecule has 3 fully saturated rings. The zero-order valence-electron chi connectivity index (χ0n) is 30.6. The molecule has 3 N–H and O–H groups in total. The highest BCUT2D eigenvalue weighted by Gasteiger charge is 2.70. The third kappa shape index (κ3) is 9.10. The van der Waals surface area contributed by atoms with Gasteiger partial charge in [-0.05, 0) is 46.0 Å². The van der Waals surface area contributed by atoms with E-state index >= 15 is 0 Å². The Morgan fingerprint density at radius 2 is 1.53 bits per heavy atom. The molecule has 1 aromatic rings. The minimum absolute atomic E-state index is 0.0651. The zero-order chi connectivity index (χ0) is 36.7. The van der Waals surface area contributed by atoms with Crippen LogP contribution in [-0.2, 0) is 34.8 Å². The largest absolute Gasteiger partial charge is 0.344 e. The van der Waals surface area contributed by atoms with Crippen LogP contribution in [0.2, 0.25) is 0 Å². The second-order valence-corrected chi connectivity index (χ2v) is 19.4. The zero-order valence-corrected chi connectivity index (χ0v) is 31.4. The summed E-state index contributed by atoms with van der Waals surface area (Å²) in [7, 11) is -3.61. The maximum Gasteiger partial charge on any atom is 0.315 e. The van der Waals surface area contributed by atoms with Crippen LogP contribution in [0, 0.1) is 34.0 Å². The van der Waals surface area contributed by atoms with Gasteiger partial charge in [-0.3, -0.25) is 19.2 Å². The highest BCUT2D eigenvalue weighted by Crippen LogP contribution is 2.65. The van der Waals surface area contributed by atoms with E-state index in [4.69, 9.17) is 0 Å². The highest BCUT2D eigenvalue weighted by molar-refractivity contribution is 7.90. The van der Waals surface area contributed by atoms with Crippen molar-refractivity contribution in [3.8, 4) is 0 Å². The lowest BCUT2D eigenvalue weighted by atomic mass is 9.79. The van der Waals surface area contributed by atoms with Gasteiger partial charge in [-0.2, -0.15) is 0 Å². The van der Waals surface area contributed by atoms with Gasteiger partial charge in [-0.25, -0.2) is 13.2 Å². The second-order valence-electron chi connectivity index (χ2n) is 17.3. The van der Waals surface area contributed by atoms with Crippen LogP contribution in [0.4, 0.5) is 4.79 Å². The van der Waals surface area contributed by atoms with Crippen molar-refractivity contribution < 1.29 is 32.4 Å². The van der Waals surface area contributed by atoms with E-state index in [1.54, 1.807) is 24.3 Å². The number of fused-ring (bicyclic) bond motifs is 1. The minimum atomic E-state index is -3.61. The Morgan fingerprint density at radius 3 is 2.04 bits per heavy atom. The molecule has 0 aromatic heterocycles. The van der Waals surface area contributed by atoms with Crippen LogP contribution < -0.4 is 16.0 Å². The molecule has 2 aliphatic carbocycles. The van der Waals surface area contributed by atoms with E-state index in [9.17, 15) is 32.4 Å². The topological polar surface area (TPSA) is 159 Å². The monoisotopic (exact) mass is 700 g/mol. The Balaban J connectivity index is 1.52. The number of Topliss-reactive ketones (excluding diaryl/α,β-unsaturated/α-hetero) is 2. The lowest BCUT2D eigenvalue weighted by Gasteiger charge is -2.39. The van der Waals surface area contributed by atoms with Gasteiger partial charge in [0.1, 0.15) is 12.1 Å². The van der Waals surface area contributed by atoms with E-state index in [0.29, 0.717) is 18.5 Å². The summed E-state index contributed by atoms with van der Waals surface area (Å²) < 4.78 is 26.4. The molecule has 1 aliphatic heterocycles. The van der Waals surface area contributed by atoms with Crippen molar-refractivity contribution in [3.63, 3.8) is 0 Å². The highest BCUT2D eigenvalue weighted by atomic mass is 32.2. The third-order valence-electron chi connectivity index (χ3n) is 10.9. The summed E-state index contributed by atoms with van der Waals surface area (Å²) in [6.45, 7) is 16.6. The van der Waals surface area contributed by atoms with Gasteiger partial charge >= 0.3 is 6.03 Å². The van der Waals surface area contributed by atoms with Crippen LogP contribution in [-0.4, -0.2) is 79.2 Å². The molecule has 0 bridgehead atoms. The summed E-state index contributed by atoms with van der Waals surface area (Å²) in [6, 6.07) is 4.57. The quantitative estimate of drug-likeness (QED) is 0.262. The number of carbonyl (C=O) groups is 5. The average molecular weight is 701 g/mol. The van der Waals surface area contributed by atoms with E-state index in [-0.39, 0.29) is 34.7 Å². The van der Waals surface area contributed by atoms with Crippen molar-refractivity contribution in [2.45, 2.75) is 118 Å². The Hall–Kier alpha value is -3.28. The SMILES string of the molecule is CC(=O)C(=O)C(CC1CCC1)NC(=O)[C@@H]1C2C(CN1C(=O)[C@@H](NC(=O)NC(CS(=O)(=O)Cc1ccccc1)C(C)(C)C)C(C)(C)C)C2(C)C. The number of sulfone groups is 1. The van der Waals surface area contributed by atoms with Crippen LogP contribution in [0.25, 0.3) is 0 Å². The molecular weight excluding hydrogens is 644 g/mol. The number of urea groups is 1. The van der Waals surface area contributed by atoms with Gasteiger partial charge in [0.2, 0.25) is 17.6 Å². The second kappa shape index (κ2) is 14.2.